The van der Waals surface area contributed by atoms with Gasteiger partial charge in [0.25, 0.3) is 0 Å². The Bertz CT molecular complexity index is 2420. The molecule has 0 amide bonds. The van der Waals surface area contributed by atoms with Gasteiger partial charge >= 0.3 is 0 Å². The van der Waals surface area contributed by atoms with Gasteiger partial charge in [-0.1, -0.05) is 121 Å². The van der Waals surface area contributed by atoms with E-state index in [4.69, 9.17) is 9.97 Å². The van der Waals surface area contributed by atoms with E-state index in [2.05, 4.69) is 162 Å². The highest BCUT2D eigenvalue weighted by Crippen LogP contribution is 2.36. The number of benzene rings is 6. The first-order valence-corrected chi connectivity index (χ1v) is 16.2. The van der Waals surface area contributed by atoms with E-state index in [1.807, 2.05) is 6.07 Å². The summed E-state index contributed by atoms with van der Waals surface area (Å²) in [6.07, 6.45) is 0. The first-order chi connectivity index (χ1) is 22.8. The van der Waals surface area contributed by atoms with Gasteiger partial charge in [0.2, 0.25) is 0 Å². The second-order valence-electron chi connectivity index (χ2n) is 11.5. The Morgan fingerprint density at radius 2 is 1.00 bits per heavy atom. The van der Waals surface area contributed by atoms with E-state index in [1.54, 1.807) is 11.3 Å². The average Bonchev–Trinajstić information content (AvgIpc) is 3.72. The maximum absolute atomic E-state index is 5.08. The maximum atomic E-state index is 5.08. The molecule has 0 saturated heterocycles. The lowest BCUT2D eigenvalue weighted by atomic mass is 10.0. The van der Waals surface area contributed by atoms with Crippen molar-refractivity contribution < 1.29 is 0 Å². The third-order valence-electron chi connectivity index (χ3n) is 8.66. The molecule has 0 N–H and O–H groups in total. The Morgan fingerprint density at radius 3 is 1.70 bits per heavy atom. The van der Waals surface area contributed by atoms with Crippen molar-refractivity contribution in [2.75, 3.05) is 0 Å². The molecule has 0 aliphatic carbocycles. The van der Waals surface area contributed by atoms with E-state index in [0.717, 1.165) is 44.5 Å². The molecule has 9 aromatic rings. The third-order valence-corrected chi connectivity index (χ3v) is 9.79. The minimum absolute atomic E-state index is 0.724. The Kier molecular flexibility index (Phi) is 6.32. The number of rotatable bonds is 5. The van der Waals surface area contributed by atoms with Crippen molar-refractivity contribution in [3.05, 3.63) is 164 Å². The van der Waals surface area contributed by atoms with Crippen molar-refractivity contribution >= 4 is 43.2 Å². The number of hydrogen-bond acceptors (Lipinski definition) is 3. The normalized spacial score (nSPS) is 11.5. The summed E-state index contributed by atoms with van der Waals surface area (Å²) in [5.74, 6) is 0.724. The predicted molar refractivity (Wildman–Crippen MR) is 193 cm³/mol. The topological polar surface area (TPSA) is 30.7 Å². The Hall–Kier alpha value is -5.84. The molecule has 0 fully saturated rings. The van der Waals surface area contributed by atoms with E-state index in [-0.39, 0.29) is 0 Å². The van der Waals surface area contributed by atoms with Crippen LogP contribution in [0.2, 0.25) is 0 Å². The third kappa shape index (κ3) is 4.59. The van der Waals surface area contributed by atoms with Crippen molar-refractivity contribution in [3.63, 3.8) is 0 Å². The van der Waals surface area contributed by atoms with Crippen LogP contribution in [0.3, 0.4) is 0 Å². The van der Waals surface area contributed by atoms with Gasteiger partial charge in [0.05, 0.1) is 27.3 Å². The summed E-state index contributed by atoms with van der Waals surface area (Å²) in [4.78, 5) is 11.3. The molecule has 3 heterocycles. The molecule has 6 aromatic carbocycles. The largest absolute Gasteiger partial charge is 0.309 e. The Balaban J connectivity index is 1.08. The van der Waals surface area contributed by atoms with E-state index in [1.165, 1.54) is 37.5 Å². The fourth-order valence-electron chi connectivity index (χ4n) is 6.38. The van der Waals surface area contributed by atoms with Crippen LogP contribution in [-0.2, 0) is 0 Å². The molecule has 46 heavy (non-hydrogen) atoms. The molecular formula is C42H27N3S. The first-order valence-electron chi connectivity index (χ1n) is 15.4. The summed E-state index contributed by atoms with van der Waals surface area (Å²) in [5.41, 5.74) is 9.83. The van der Waals surface area contributed by atoms with Gasteiger partial charge in [-0.05, 0) is 59.0 Å². The molecule has 9 rings (SSSR count). The molecule has 0 radical (unpaired) electrons. The molecule has 0 unspecified atom stereocenters. The zero-order chi connectivity index (χ0) is 30.5. The van der Waals surface area contributed by atoms with Crippen LogP contribution >= 0.6 is 11.3 Å². The van der Waals surface area contributed by atoms with Crippen LogP contribution in [0.4, 0.5) is 0 Å². The molecule has 0 bridgehead atoms. The molecule has 0 saturated carbocycles. The van der Waals surface area contributed by atoms with Crippen molar-refractivity contribution in [2.24, 2.45) is 0 Å². The van der Waals surface area contributed by atoms with Crippen molar-refractivity contribution in [1.29, 1.82) is 0 Å². The van der Waals surface area contributed by atoms with E-state index < -0.39 is 0 Å². The second-order valence-corrected chi connectivity index (χ2v) is 12.6. The van der Waals surface area contributed by atoms with Gasteiger partial charge in [-0.25, -0.2) is 9.97 Å². The van der Waals surface area contributed by atoms with Crippen LogP contribution < -0.4 is 0 Å². The smallest absolute Gasteiger partial charge is 0.160 e. The van der Waals surface area contributed by atoms with Crippen molar-refractivity contribution in [2.45, 2.75) is 0 Å². The van der Waals surface area contributed by atoms with E-state index in [0.29, 0.717) is 0 Å². The molecule has 0 atom stereocenters. The molecular weight excluding hydrogens is 579 g/mol. The average molecular weight is 606 g/mol. The standard InChI is InChI=1S/C42H27N3S/c1-2-10-30(11-3-1)36-27-37(41-26-32-12-4-9-17-40(32)46-41)44-42(43-36)31-20-18-28(19-21-31)29-22-24-33(25-23-29)45-38-15-7-5-13-34(38)35-14-6-8-16-39(35)45/h1-27H. The summed E-state index contributed by atoms with van der Waals surface area (Å²) in [6.45, 7) is 0. The number of thiophene rings is 1. The molecule has 0 spiro atoms. The van der Waals surface area contributed by atoms with Crippen molar-refractivity contribution in [1.82, 2.24) is 14.5 Å². The highest BCUT2D eigenvalue weighted by Gasteiger charge is 2.14. The van der Waals surface area contributed by atoms with Gasteiger partial charge in [-0.2, -0.15) is 0 Å². The van der Waals surface area contributed by atoms with Crippen LogP contribution in [0.15, 0.2) is 164 Å². The lowest BCUT2D eigenvalue weighted by Gasteiger charge is -2.10. The minimum atomic E-state index is 0.724. The van der Waals surface area contributed by atoms with Gasteiger partial charge in [0, 0.05) is 32.3 Å². The summed E-state index contributed by atoms with van der Waals surface area (Å²) in [7, 11) is 0. The SMILES string of the molecule is c1ccc(-c2cc(-c3cc4ccccc4s3)nc(-c3ccc(-c4ccc(-n5c6ccccc6c6ccccc65)cc4)cc3)n2)cc1. The molecule has 3 nitrogen and oxygen atoms in total. The van der Waals surface area contributed by atoms with Gasteiger partial charge < -0.3 is 4.57 Å². The zero-order valence-electron chi connectivity index (χ0n) is 24.8. The fraction of sp³-hybridized carbons (Fsp3) is 0. The molecule has 0 aliphatic rings. The first kappa shape index (κ1) is 26.6. The Labute approximate surface area is 270 Å². The van der Waals surface area contributed by atoms with Crippen LogP contribution in [-0.4, -0.2) is 14.5 Å². The molecule has 4 heteroatoms. The van der Waals surface area contributed by atoms with Crippen LogP contribution in [0.25, 0.3) is 81.9 Å². The fourth-order valence-corrected chi connectivity index (χ4v) is 7.41. The second kappa shape index (κ2) is 11.0. The molecule has 216 valence electrons. The van der Waals surface area contributed by atoms with E-state index >= 15 is 0 Å². The summed E-state index contributed by atoms with van der Waals surface area (Å²) in [6, 6.07) is 57.9. The lowest BCUT2D eigenvalue weighted by Crippen LogP contribution is -1.95. The van der Waals surface area contributed by atoms with Gasteiger partial charge in [-0.15, -0.1) is 11.3 Å². The number of fused-ring (bicyclic) bond motifs is 4. The lowest BCUT2D eigenvalue weighted by molar-refractivity contribution is 1.18. The van der Waals surface area contributed by atoms with Crippen molar-refractivity contribution in [3.8, 4) is 50.0 Å². The van der Waals surface area contributed by atoms with Gasteiger partial charge in [0.1, 0.15) is 0 Å². The summed E-state index contributed by atoms with van der Waals surface area (Å²) >= 11 is 1.77. The maximum Gasteiger partial charge on any atom is 0.160 e. The van der Waals surface area contributed by atoms with Crippen LogP contribution in [0.1, 0.15) is 0 Å². The number of para-hydroxylation sites is 2. The number of nitrogens with zero attached hydrogens (tertiary/aromatic N) is 3. The number of hydrogen-bond donors (Lipinski definition) is 0. The summed E-state index contributed by atoms with van der Waals surface area (Å²) < 4.78 is 3.61. The van der Waals surface area contributed by atoms with E-state index in [9.17, 15) is 0 Å². The quantitative estimate of drug-likeness (QED) is 0.195. The molecule has 0 aliphatic heterocycles. The van der Waals surface area contributed by atoms with Crippen LogP contribution in [0, 0.1) is 0 Å². The van der Waals surface area contributed by atoms with Gasteiger partial charge in [-0.3, -0.25) is 0 Å². The minimum Gasteiger partial charge on any atom is -0.309 e. The predicted octanol–water partition coefficient (Wildman–Crippen LogP) is 11.5. The Morgan fingerprint density at radius 1 is 0.435 bits per heavy atom. The highest BCUT2D eigenvalue weighted by molar-refractivity contribution is 7.22. The zero-order valence-corrected chi connectivity index (χ0v) is 25.7. The van der Waals surface area contributed by atoms with Gasteiger partial charge in [0.15, 0.2) is 5.82 Å². The number of aromatic nitrogens is 3. The van der Waals surface area contributed by atoms with Crippen LogP contribution in [0.5, 0.6) is 0 Å². The summed E-state index contributed by atoms with van der Waals surface area (Å²) in [5, 5.41) is 3.77. The molecule has 3 aromatic heterocycles. The highest BCUT2D eigenvalue weighted by atomic mass is 32.1. The monoisotopic (exact) mass is 605 g/mol.